The predicted octanol–water partition coefficient (Wildman–Crippen LogP) is 2.49. The van der Waals surface area contributed by atoms with Crippen LogP contribution in [0.15, 0.2) is 60.0 Å². The van der Waals surface area contributed by atoms with Crippen molar-refractivity contribution >= 4 is 17.7 Å². The second kappa shape index (κ2) is 10.0. The summed E-state index contributed by atoms with van der Waals surface area (Å²) in [5, 5.41) is 12.3. The van der Waals surface area contributed by atoms with Gasteiger partial charge in [0.15, 0.2) is 11.0 Å². The number of hydrogen-bond acceptors (Lipinski definition) is 6. The number of para-hydroxylation sites is 1. The van der Waals surface area contributed by atoms with Crippen LogP contribution in [0.2, 0.25) is 0 Å². The van der Waals surface area contributed by atoms with Crippen molar-refractivity contribution in [2.24, 2.45) is 0 Å². The number of rotatable bonds is 9. The minimum atomic E-state index is -0.00294. The van der Waals surface area contributed by atoms with Crippen molar-refractivity contribution in [2.75, 3.05) is 32.9 Å². The molecule has 0 radical (unpaired) electrons. The van der Waals surface area contributed by atoms with Gasteiger partial charge in [0.25, 0.3) is 0 Å². The fourth-order valence-electron chi connectivity index (χ4n) is 2.67. The zero-order chi connectivity index (χ0) is 19.8. The van der Waals surface area contributed by atoms with Gasteiger partial charge in [-0.15, -0.1) is 10.2 Å². The number of thioether (sulfide) groups is 1. The maximum Gasteiger partial charge on any atom is 0.230 e. The molecule has 0 aliphatic carbocycles. The smallest absolute Gasteiger partial charge is 0.230 e. The SMILES string of the molecule is CN(C)CCCNC(=O)CSc1nnc(-c2ccncc2)n1-c1ccccc1. The van der Waals surface area contributed by atoms with Crippen LogP contribution in [0.25, 0.3) is 17.1 Å². The normalized spacial score (nSPS) is 11.0. The van der Waals surface area contributed by atoms with Crippen molar-refractivity contribution in [1.29, 1.82) is 0 Å². The molecule has 28 heavy (non-hydrogen) atoms. The summed E-state index contributed by atoms with van der Waals surface area (Å²) in [4.78, 5) is 18.3. The average molecular weight is 397 g/mol. The van der Waals surface area contributed by atoms with Gasteiger partial charge in [-0.1, -0.05) is 30.0 Å². The van der Waals surface area contributed by atoms with Gasteiger partial charge < -0.3 is 10.2 Å². The third kappa shape index (κ3) is 5.40. The number of benzene rings is 1. The van der Waals surface area contributed by atoms with Crippen LogP contribution in [0, 0.1) is 0 Å². The second-order valence-electron chi connectivity index (χ2n) is 6.51. The monoisotopic (exact) mass is 396 g/mol. The van der Waals surface area contributed by atoms with Crippen molar-refractivity contribution in [2.45, 2.75) is 11.6 Å². The molecule has 3 aromatic rings. The number of amides is 1. The number of nitrogens with zero attached hydrogens (tertiary/aromatic N) is 5. The Balaban J connectivity index is 1.73. The number of pyridine rings is 1. The summed E-state index contributed by atoms with van der Waals surface area (Å²) in [6.07, 6.45) is 4.39. The Morgan fingerprint density at radius 1 is 1.11 bits per heavy atom. The fourth-order valence-corrected chi connectivity index (χ4v) is 3.45. The second-order valence-corrected chi connectivity index (χ2v) is 7.45. The molecule has 0 spiro atoms. The van der Waals surface area contributed by atoms with Gasteiger partial charge in [-0.3, -0.25) is 14.3 Å². The van der Waals surface area contributed by atoms with E-state index in [0.717, 1.165) is 30.0 Å². The molecule has 0 fully saturated rings. The predicted molar refractivity (Wildman–Crippen MR) is 111 cm³/mol. The number of carbonyl (C=O) groups excluding carboxylic acids is 1. The van der Waals surface area contributed by atoms with E-state index in [9.17, 15) is 4.79 Å². The molecular formula is C20H24N6OS. The average Bonchev–Trinajstić information content (AvgIpc) is 3.15. The Hall–Kier alpha value is -2.71. The molecule has 1 N–H and O–H groups in total. The van der Waals surface area contributed by atoms with Crippen LogP contribution in [0.3, 0.4) is 0 Å². The first-order valence-corrected chi connectivity index (χ1v) is 10.1. The number of carbonyl (C=O) groups is 1. The molecule has 146 valence electrons. The van der Waals surface area contributed by atoms with E-state index < -0.39 is 0 Å². The molecule has 1 amide bonds. The number of aromatic nitrogens is 4. The van der Waals surface area contributed by atoms with Gasteiger partial charge in [0, 0.05) is 30.2 Å². The molecule has 2 aromatic heterocycles. The fraction of sp³-hybridized carbons (Fsp3) is 0.300. The maximum atomic E-state index is 12.2. The molecule has 3 rings (SSSR count). The van der Waals surface area contributed by atoms with Crippen molar-refractivity contribution < 1.29 is 4.79 Å². The van der Waals surface area contributed by atoms with E-state index in [-0.39, 0.29) is 5.91 Å². The van der Waals surface area contributed by atoms with Gasteiger partial charge in [0.05, 0.1) is 5.75 Å². The van der Waals surface area contributed by atoms with Gasteiger partial charge in [0.1, 0.15) is 0 Å². The topological polar surface area (TPSA) is 75.9 Å². The van der Waals surface area contributed by atoms with Crippen molar-refractivity contribution in [3.63, 3.8) is 0 Å². The van der Waals surface area contributed by atoms with E-state index in [4.69, 9.17) is 0 Å². The highest BCUT2D eigenvalue weighted by atomic mass is 32.2. The first-order valence-electron chi connectivity index (χ1n) is 9.10. The van der Waals surface area contributed by atoms with Crippen LogP contribution in [0.1, 0.15) is 6.42 Å². The van der Waals surface area contributed by atoms with E-state index >= 15 is 0 Å². The van der Waals surface area contributed by atoms with Gasteiger partial charge in [-0.25, -0.2) is 0 Å². The van der Waals surface area contributed by atoms with Gasteiger partial charge >= 0.3 is 0 Å². The summed E-state index contributed by atoms with van der Waals surface area (Å²) < 4.78 is 1.97. The summed E-state index contributed by atoms with van der Waals surface area (Å²) >= 11 is 1.38. The minimum Gasteiger partial charge on any atom is -0.355 e. The molecule has 0 aliphatic rings. The third-order valence-corrected chi connectivity index (χ3v) is 4.95. The summed E-state index contributed by atoms with van der Waals surface area (Å²) in [6, 6.07) is 13.7. The van der Waals surface area contributed by atoms with Gasteiger partial charge in [-0.2, -0.15) is 0 Å². The first-order chi connectivity index (χ1) is 13.6. The van der Waals surface area contributed by atoms with E-state index in [0.29, 0.717) is 17.5 Å². The Bertz CT molecular complexity index is 882. The van der Waals surface area contributed by atoms with Gasteiger partial charge in [0.2, 0.25) is 5.91 Å². The molecule has 0 bridgehead atoms. The molecular weight excluding hydrogens is 372 g/mol. The molecule has 0 aliphatic heterocycles. The van der Waals surface area contributed by atoms with Crippen molar-refractivity contribution in [1.82, 2.24) is 30.0 Å². The van der Waals surface area contributed by atoms with Crippen molar-refractivity contribution in [3.05, 3.63) is 54.9 Å². The number of nitrogens with one attached hydrogen (secondary N) is 1. The van der Waals surface area contributed by atoms with Crippen LogP contribution in [0.4, 0.5) is 0 Å². The molecule has 0 unspecified atom stereocenters. The highest BCUT2D eigenvalue weighted by molar-refractivity contribution is 7.99. The summed E-state index contributed by atoms with van der Waals surface area (Å²) in [5.74, 6) is 1.02. The molecule has 0 atom stereocenters. The highest BCUT2D eigenvalue weighted by Gasteiger charge is 2.17. The Morgan fingerprint density at radius 3 is 2.57 bits per heavy atom. The van der Waals surface area contributed by atoms with Crippen LogP contribution in [0.5, 0.6) is 0 Å². The lowest BCUT2D eigenvalue weighted by atomic mass is 10.2. The van der Waals surface area contributed by atoms with Crippen molar-refractivity contribution in [3.8, 4) is 17.1 Å². The lowest BCUT2D eigenvalue weighted by Gasteiger charge is -2.11. The minimum absolute atomic E-state index is 0.00294. The van der Waals surface area contributed by atoms with E-state index in [2.05, 4.69) is 25.4 Å². The van der Waals surface area contributed by atoms with Gasteiger partial charge in [-0.05, 0) is 51.3 Å². The lowest BCUT2D eigenvalue weighted by molar-refractivity contribution is -0.118. The molecule has 8 heteroatoms. The van der Waals surface area contributed by atoms with E-state index in [1.165, 1.54) is 11.8 Å². The summed E-state index contributed by atoms with van der Waals surface area (Å²) in [7, 11) is 4.04. The lowest BCUT2D eigenvalue weighted by Crippen LogP contribution is -2.28. The highest BCUT2D eigenvalue weighted by Crippen LogP contribution is 2.27. The number of hydrogen-bond donors (Lipinski definition) is 1. The zero-order valence-corrected chi connectivity index (χ0v) is 16.9. The Kier molecular flexibility index (Phi) is 7.16. The van der Waals surface area contributed by atoms with Crippen LogP contribution < -0.4 is 5.32 Å². The third-order valence-electron chi connectivity index (χ3n) is 4.02. The molecule has 7 nitrogen and oxygen atoms in total. The summed E-state index contributed by atoms with van der Waals surface area (Å²) in [5.41, 5.74) is 1.87. The molecule has 0 saturated heterocycles. The largest absolute Gasteiger partial charge is 0.355 e. The molecule has 0 saturated carbocycles. The standard InChI is InChI=1S/C20H24N6OS/c1-25(2)14-6-11-22-18(27)15-28-20-24-23-19(16-9-12-21-13-10-16)26(20)17-7-4-3-5-8-17/h3-5,7-10,12-13H,6,11,14-15H2,1-2H3,(H,22,27). The first kappa shape index (κ1) is 20.0. The Labute approximate surface area is 169 Å². The molecule has 2 heterocycles. The van der Waals surface area contributed by atoms with E-state index in [1.54, 1.807) is 12.4 Å². The molecule has 1 aromatic carbocycles. The van der Waals surface area contributed by atoms with E-state index in [1.807, 2.05) is 61.1 Å². The van der Waals surface area contributed by atoms with Crippen LogP contribution in [-0.4, -0.2) is 63.5 Å². The maximum absolute atomic E-state index is 12.2. The summed E-state index contributed by atoms with van der Waals surface area (Å²) in [6.45, 7) is 1.62. The van der Waals surface area contributed by atoms with Crippen LogP contribution >= 0.6 is 11.8 Å². The quantitative estimate of drug-likeness (QED) is 0.442. The zero-order valence-electron chi connectivity index (χ0n) is 16.1. The van der Waals surface area contributed by atoms with Crippen LogP contribution in [-0.2, 0) is 4.79 Å². The Morgan fingerprint density at radius 2 is 1.86 bits per heavy atom.